The lowest BCUT2D eigenvalue weighted by molar-refractivity contribution is -0.139. The summed E-state index contributed by atoms with van der Waals surface area (Å²) in [5, 5.41) is 9.22. The van der Waals surface area contributed by atoms with Crippen LogP contribution in [0.4, 0.5) is 0 Å². The minimum absolute atomic E-state index is 0.0563. The summed E-state index contributed by atoms with van der Waals surface area (Å²) in [5.41, 5.74) is 2.95. The van der Waals surface area contributed by atoms with Crippen molar-refractivity contribution in [3.05, 3.63) is 69.6 Å². The average Bonchev–Trinajstić information content (AvgIpc) is 3.10. The lowest BCUT2D eigenvalue weighted by atomic mass is 10.1. The Balaban J connectivity index is 1.74. The van der Waals surface area contributed by atoms with Crippen LogP contribution in [0.3, 0.4) is 0 Å². The highest BCUT2D eigenvalue weighted by molar-refractivity contribution is 5.87. The summed E-state index contributed by atoms with van der Waals surface area (Å²) in [7, 11) is 1.62. The van der Waals surface area contributed by atoms with Gasteiger partial charge in [-0.2, -0.15) is 0 Å². The molecular weight excluding hydrogens is 360 g/mol. The molecule has 0 amide bonds. The van der Waals surface area contributed by atoms with Crippen LogP contribution < -0.4 is 14.9 Å². The highest BCUT2D eigenvalue weighted by Crippen LogP contribution is 2.35. The lowest BCUT2D eigenvalue weighted by Gasteiger charge is -2.07. The van der Waals surface area contributed by atoms with Crippen LogP contribution in [-0.2, 0) is 11.2 Å². The van der Waals surface area contributed by atoms with Crippen molar-refractivity contribution in [1.29, 1.82) is 0 Å². The Kier molecular flexibility index (Phi) is 4.61. The summed E-state index contributed by atoms with van der Waals surface area (Å²) in [4.78, 5) is 23.5. The van der Waals surface area contributed by atoms with Crippen LogP contribution in [-0.4, -0.2) is 24.8 Å². The highest BCUT2D eigenvalue weighted by atomic mass is 16.5. The molecule has 28 heavy (non-hydrogen) atoms. The Hall–Kier alpha value is -3.54. The standard InChI is InChI=1S/C22H18O6/c1-26-15-5-2-13(3-6-15)10-14-4-8-18-21(25)17-9-7-16(27-12-20(23)24)11-19(17)28-22(14)18/h2-3,5-7,9-11H,4,8,12H2,1H3,(H,23,24)/b14-10+. The van der Waals surface area contributed by atoms with Gasteiger partial charge in [0.2, 0.25) is 0 Å². The van der Waals surface area contributed by atoms with Crippen molar-refractivity contribution in [2.45, 2.75) is 12.8 Å². The Morgan fingerprint density at radius 3 is 2.61 bits per heavy atom. The normalized spacial score (nSPS) is 14.2. The Labute approximate surface area is 160 Å². The second kappa shape index (κ2) is 7.23. The van der Waals surface area contributed by atoms with E-state index in [2.05, 4.69) is 0 Å². The zero-order valence-electron chi connectivity index (χ0n) is 15.2. The van der Waals surface area contributed by atoms with Gasteiger partial charge in [-0.3, -0.25) is 4.79 Å². The molecule has 1 aliphatic rings. The molecule has 0 radical (unpaired) electrons. The number of methoxy groups -OCH3 is 1. The maximum absolute atomic E-state index is 12.8. The van der Waals surface area contributed by atoms with Gasteiger partial charge in [-0.1, -0.05) is 12.1 Å². The number of benzene rings is 2. The van der Waals surface area contributed by atoms with E-state index in [1.54, 1.807) is 25.3 Å². The fourth-order valence-corrected chi connectivity index (χ4v) is 3.35. The van der Waals surface area contributed by atoms with Crippen LogP contribution in [0.25, 0.3) is 22.6 Å². The van der Waals surface area contributed by atoms with Crippen molar-refractivity contribution in [1.82, 2.24) is 0 Å². The van der Waals surface area contributed by atoms with Crippen molar-refractivity contribution in [3.8, 4) is 11.5 Å². The number of ether oxygens (including phenoxy) is 2. The number of hydrogen-bond acceptors (Lipinski definition) is 5. The number of allylic oxidation sites excluding steroid dienone is 1. The SMILES string of the molecule is COc1ccc(/C=C2\CCc3c2oc2cc(OCC(=O)O)ccc2c3=O)cc1. The first-order valence-electron chi connectivity index (χ1n) is 8.84. The number of carbonyl (C=O) groups is 1. The molecule has 0 aliphatic heterocycles. The zero-order valence-corrected chi connectivity index (χ0v) is 15.2. The van der Waals surface area contributed by atoms with Gasteiger partial charge in [-0.15, -0.1) is 0 Å². The van der Waals surface area contributed by atoms with Crippen LogP contribution in [0, 0.1) is 0 Å². The molecular formula is C22H18O6. The van der Waals surface area contributed by atoms with Crippen molar-refractivity contribution >= 4 is 28.6 Å². The van der Waals surface area contributed by atoms with E-state index in [1.165, 1.54) is 0 Å². The molecule has 0 saturated heterocycles. The average molecular weight is 378 g/mol. The third-order valence-electron chi connectivity index (χ3n) is 4.71. The van der Waals surface area contributed by atoms with E-state index in [4.69, 9.17) is 19.0 Å². The quantitative estimate of drug-likeness (QED) is 0.728. The molecule has 1 N–H and O–H groups in total. The predicted molar refractivity (Wildman–Crippen MR) is 105 cm³/mol. The molecule has 1 heterocycles. The summed E-state index contributed by atoms with van der Waals surface area (Å²) in [6.45, 7) is -0.455. The number of rotatable bonds is 5. The van der Waals surface area contributed by atoms with Gasteiger partial charge in [0.15, 0.2) is 12.0 Å². The van der Waals surface area contributed by atoms with Crippen molar-refractivity contribution in [2.75, 3.05) is 13.7 Å². The zero-order chi connectivity index (χ0) is 19.7. The molecule has 0 atom stereocenters. The third-order valence-corrected chi connectivity index (χ3v) is 4.71. The highest BCUT2D eigenvalue weighted by Gasteiger charge is 2.24. The second-order valence-corrected chi connectivity index (χ2v) is 6.52. The second-order valence-electron chi connectivity index (χ2n) is 6.52. The fraction of sp³-hybridized carbons (Fsp3) is 0.182. The first-order chi connectivity index (χ1) is 13.5. The van der Waals surface area contributed by atoms with Gasteiger partial charge >= 0.3 is 5.97 Å². The van der Waals surface area contributed by atoms with E-state index < -0.39 is 12.6 Å². The summed E-state index contributed by atoms with van der Waals surface area (Å²) in [6, 6.07) is 12.4. The molecule has 0 unspecified atom stereocenters. The summed E-state index contributed by atoms with van der Waals surface area (Å²) in [5.74, 6) is 0.640. The number of aliphatic carboxylic acids is 1. The van der Waals surface area contributed by atoms with Crippen LogP contribution in [0.1, 0.15) is 23.3 Å². The van der Waals surface area contributed by atoms with Crippen molar-refractivity contribution in [2.24, 2.45) is 0 Å². The molecule has 1 aromatic heterocycles. The largest absolute Gasteiger partial charge is 0.497 e. The summed E-state index contributed by atoms with van der Waals surface area (Å²) in [6.07, 6.45) is 3.36. The molecule has 0 bridgehead atoms. The van der Waals surface area contributed by atoms with E-state index >= 15 is 0 Å². The molecule has 4 rings (SSSR count). The molecule has 1 aliphatic carbocycles. The van der Waals surface area contributed by atoms with Crippen LogP contribution in [0.15, 0.2) is 51.7 Å². The first kappa shape index (κ1) is 17.9. The third kappa shape index (κ3) is 3.36. The molecule has 0 saturated carbocycles. The van der Waals surface area contributed by atoms with E-state index in [-0.39, 0.29) is 5.43 Å². The van der Waals surface area contributed by atoms with Crippen molar-refractivity contribution in [3.63, 3.8) is 0 Å². The van der Waals surface area contributed by atoms with Gasteiger partial charge in [-0.05, 0) is 54.3 Å². The lowest BCUT2D eigenvalue weighted by Crippen LogP contribution is -2.10. The van der Waals surface area contributed by atoms with E-state index in [0.717, 1.165) is 23.3 Å². The van der Waals surface area contributed by atoms with Crippen LogP contribution >= 0.6 is 0 Å². The number of carboxylic acids is 1. The number of hydrogen-bond donors (Lipinski definition) is 1. The monoisotopic (exact) mass is 378 g/mol. The van der Waals surface area contributed by atoms with Gasteiger partial charge in [0.05, 0.1) is 12.5 Å². The van der Waals surface area contributed by atoms with E-state index in [9.17, 15) is 9.59 Å². The van der Waals surface area contributed by atoms with Gasteiger partial charge in [-0.25, -0.2) is 4.79 Å². The minimum Gasteiger partial charge on any atom is -0.497 e. The smallest absolute Gasteiger partial charge is 0.341 e. The predicted octanol–water partition coefficient (Wildman–Crippen LogP) is 3.75. The first-order valence-corrected chi connectivity index (χ1v) is 8.84. The van der Waals surface area contributed by atoms with E-state index in [1.807, 2.05) is 30.3 Å². The molecule has 3 aromatic rings. The number of carboxylic acid groups (broad SMARTS) is 1. The molecule has 6 nitrogen and oxygen atoms in total. The summed E-state index contributed by atoms with van der Waals surface area (Å²) >= 11 is 0. The maximum Gasteiger partial charge on any atom is 0.341 e. The molecule has 0 fully saturated rings. The molecule has 142 valence electrons. The topological polar surface area (TPSA) is 86.0 Å². The minimum atomic E-state index is -1.07. The molecule has 2 aromatic carbocycles. The molecule has 0 spiro atoms. The van der Waals surface area contributed by atoms with Gasteiger partial charge in [0.25, 0.3) is 0 Å². The van der Waals surface area contributed by atoms with Gasteiger partial charge < -0.3 is 19.0 Å². The Morgan fingerprint density at radius 2 is 1.89 bits per heavy atom. The van der Waals surface area contributed by atoms with Crippen LogP contribution in [0.5, 0.6) is 11.5 Å². The van der Waals surface area contributed by atoms with Gasteiger partial charge in [0, 0.05) is 11.6 Å². The Bertz CT molecular complexity index is 1140. The van der Waals surface area contributed by atoms with Crippen LogP contribution in [0.2, 0.25) is 0 Å². The molecule has 6 heteroatoms. The maximum atomic E-state index is 12.8. The van der Waals surface area contributed by atoms with Gasteiger partial charge in [0.1, 0.15) is 22.8 Å². The fourth-order valence-electron chi connectivity index (χ4n) is 3.35. The Morgan fingerprint density at radius 1 is 1.14 bits per heavy atom. The number of fused-ring (bicyclic) bond motifs is 2. The van der Waals surface area contributed by atoms with E-state index in [0.29, 0.717) is 34.5 Å². The summed E-state index contributed by atoms with van der Waals surface area (Å²) < 4.78 is 16.4. The van der Waals surface area contributed by atoms with Crippen molar-refractivity contribution < 1.29 is 23.8 Å².